The topological polar surface area (TPSA) is 63.4 Å². The fourth-order valence-corrected chi connectivity index (χ4v) is 5.20. The lowest BCUT2D eigenvalue weighted by Crippen LogP contribution is -2.61. The lowest BCUT2D eigenvalue weighted by atomic mass is 10.1. The second kappa shape index (κ2) is 6.30. The van der Waals surface area contributed by atoms with Crippen LogP contribution in [0.1, 0.15) is 19.3 Å². The molecule has 0 amide bonds. The molecule has 1 aromatic rings. The van der Waals surface area contributed by atoms with Crippen LogP contribution < -0.4 is 5.73 Å². The van der Waals surface area contributed by atoms with E-state index in [1.54, 1.807) is 0 Å². The van der Waals surface area contributed by atoms with Gasteiger partial charge in [-0.25, -0.2) is 12.7 Å². The molecule has 20 heavy (non-hydrogen) atoms. The molecule has 2 N–H and O–H groups in total. The van der Waals surface area contributed by atoms with Gasteiger partial charge in [-0.1, -0.05) is 24.3 Å². The predicted octanol–water partition coefficient (Wildman–Crippen LogP) is 2.39. The van der Waals surface area contributed by atoms with Crippen LogP contribution in [-0.4, -0.2) is 30.0 Å². The first-order valence-corrected chi connectivity index (χ1v) is 9.05. The fourth-order valence-electron chi connectivity index (χ4n) is 2.29. The molecule has 1 aliphatic heterocycles. The monoisotopic (exact) mass is 312 g/mol. The molecule has 1 unspecified atom stereocenters. The van der Waals surface area contributed by atoms with Crippen molar-refractivity contribution < 1.29 is 8.42 Å². The highest BCUT2D eigenvalue weighted by Crippen LogP contribution is 2.37. The molecule has 0 saturated carbocycles. The van der Waals surface area contributed by atoms with Crippen molar-refractivity contribution in [3.05, 3.63) is 43.0 Å². The van der Waals surface area contributed by atoms with Crippen LogP contribution in [0.15, 0.2) is 47.9 Å². The van der Waals surface area contributed by atoms with E-state index in [1.807, 2.05) is 34.6 Å². The van der Waals surface area contributed by atoms with Gasteiger partial charge in [-0.2, -0.15) is 0 Å². The van der Waals surface area contributed by atoms with Crippen molar-refractivity contribution in [3.8, 4) is 0 Å². The molecular formula is C14H20N2O2S2. The molecule has 110 valence electrons. The molecule has 1 atom stereocenters. The summed E-state index contributed by atoms with van der Waals surface area (Å²) in [5.74, 6) is -0.0879. The Morgan fingerprint density at radius 3 is 2.70 bits per heavy atom. The van der Waals surface area contributed by atoms with Crippen LogP contribution in [-0.2, 0) is 9.84 Å². The van der Waals surface area contributed by atoms with Crippen molar-refractivity contribution >= 4 is 21.8 Å². The Kier molecular flexibility index (Phi) is 4.90. The van der Waals surface area contributed by atoms with E-state index < -0.39 is 14.8 Å². The third kappa shape index (κ3) is 3.09. The Morgan fingerprint density at radius 2 is 2.05 bits per heavy atom. The summed E-state index contributed by atoms with van der Waals surface area (Å²) in [5.41, 5.74) is 6.28. The van der Waals surface area contributed by atoms with Crippen LogP contribution in [0.5, 0.6) is 0 Å². The van der Waals surface area contributed by atoms with E-state index in [4.69, 9.17) is 5.73 Å². The van der Waals surface area contributed by atoms with Gasteiger partial charge < -0.3 is 0 Å². The Hall–Kier alpha value is -0.820. The molecule has 1 heterocycles. The molecule has 0 bridgehead atoms. The zero-order chi connectivity index (χ0) is 14.6. The summed E-state index contributed by atoms with van der Waals surface area (Å²) >= 11 is 1.42. The molecule has 0 aliphatic carbocycles. The minimum atomic E-state index is -3.44. The summed E-state index contributed by atoms with van der Waals surface area (Å²) in [5, 5.41) is 0. The van der Waals surface area contributed by atoms with Gasteiger partial charge in [-0.15, -0.1) is 6.58 Å². The van der Waals surface area contributed by atoms with Crippen molar-refractivity contribution in [3.63, 3.8) is 0 Å². The van der Waals surface area contributed by atoms with Gasteiger partial charge in [0.05, 0.1) is 5.75 Å². The SMILES string of the molecule is C=CCS(=O)(=O)C1(N)CCCCN1Sc1ccccc1. The number of nitrogens with two attached hydrogens (primary N) is 1. The summed E-state index contributed by atoms with van der Waals surface area (Å²) in [4.78, 5) is -0.307. The van der Waals surface area contributed by atoms with E-state index in [-0.39, 0.29) is 5.75 Å². The average molecular weight is 312 g/mol. The second-order valence-electron chi connectivity index (χ2n) is 4.88. The number of hydrogen-bond acceptors (Lipinski definition) is 5. The molecule has 1 aliphatic rings. The lowest BCUT2D eigenvalue weighted by molar-refractivity contribution is 0.232. The quantitative estimate of drug-likeness (QED) is 0.668. The zero-order valence-electron chi connectivity index (χ0n) is 11.4. The summed E-state index contributed by atoms with van der Waals surface area (Å²) in [7, 11) is -3.44. The van der Waals surface area contributed by atoms with Crippen molar-refractivity contribution in [2.75, 3.05) is 12.3 Å². The van der Waals surface area contributed by atoms with Crippen LogP contribution in [0.4, 0.5) is 0 Å². The van der Waals surface area contributed by atoms with Gasteiger partial charge in [0.2, 0.25) is 0 Å². The van der Waals surface area contributed by atoms with Crippen molar-refractivity contribution in [2.45, 2.75) is 29.2 Å². The molecule has 2 rings (SSSR count). The smallest absolute Gasteiger partial charge is 0.187 e. The Balaban J connectivity index is 2.27. The second-order valence-corrected chi connectivity index (χ2v) is 8.24. The molecular weight excluding hydrogens is 292 g/mol. The summed E-state index contributed by atoms with van der Waals surface area (Å²) in [6, 6.07) is 9.72. The van der Waals surface area contributed by atoms with E-state index >= 15 is 0 Å². The number of benzene rings is 1. The molecule has 0 aromatic heterocycles. The summed E-state index contributed by atoms with van der Waals surface area (Å²) in [6.45, 7) is 4.19. The first kappa shape index (κ1) is 15.6. The number of nitrogens with zero attached hydrogens (tertiary/aromatic N) is 1. The van der Waals surface area contributed by atoms with Gasteiger partial charge in [-0.3, -0.25) is 5.73 Å². The van der Waals surface area contributed by atoms with E-state index in [2.05, 4.69) is 6.58 Å². The first-order valence-electron chi connectivity index (χ1n) is 6.62. The van der Waals surface area contributed by atoms with Crippen LogP contribution in [0.25, 0.3) is 0 Å². The highest BCUT2D eigenvalue weighted by Gasteiger charge is 2.46. The van der Waals surface area contributed by atoms with E-state index in [9.17, 15) is 8.42 Å². The zero-order valence-corrected chi connectivity index (χ0v) is 13.0. The maximum Gasteiger partial charge on any atom is 0.187 e. The standard InChI is InChI=1S/C14H20N2O2S2/c1-2-12-20(17,18)14(15)10-6-7-11-16(14)19-13-8-4-3-5-9-13/h2-5,8-9H,1,6-7,10-12,15H2. The van der Waals surface area contributed by atoms with Crippen LogP contribution in [0.3, 0.4) is 0 Å². The van der Waals surface area contributed by atoms with Gasteiger partial charge in [0, 0.05) is 11.4 Å². The third-order valence-electron chi connectivity index (χ3n) is 3.40. The van der Waals surface area contributed by atoms with E-state index in [0.29, 0.717) is 13.0 Å². The van der Waals surface area contributed by atoms with E-state index in [1.165, 1.54) is 18.0 Å². The molecule has 1 fully saturated rings. The van der Waals surface area contributed by atoms with Gasteiger partial charge in [0.1, 0.15) is 0 Å². The van der Waals surface area contributed by atoms with Gasteiger partial charge >= 0.3 is 0 Å². The van der Waals surface area contributed by atoms with Crippen molar-refractivity contribution in [1.82, 2.24) is 4.31 Å². The number of sulfone groups is 1. The van der Waals surface area contributed by atoms with Crippen molar-refractivity contribution in [2.24, 2.45) is 5.73 Å². The summed E-state index contributed by atoms with van der Waals surface area (Å²) < 4.78 is 26.7. The molecule has 0 radical (unpaired) electrons. The number of piperidine rings is 1. The third-order valence-corrected chi connectivity index (χ3v) is 6.91. The van der Waals surface area contributed by atoms with E-state index in [0.717, 1.165) is 17.7 Å². The first-order chi connectivity index (χ1) is 9.49. The molecule has 0 spiro atoms. The Labute approximate surface area is 125 Å². The minimum absolute atomic E-state index is 0.0879. The van der Waals surface area contributed by atoms with Gasteiger partial charge in [-0.05, 0) is 43.3 Å². The molecule has 4 nitrogen and oxygen atoms in total. The summed E-state index contributed by atoms with van der Waals surface area (Å²) in [6.07, 6.45) is 3.66. The molecule has 1 saturated heterocycles. The Bertz CT molecular complexity index is 560. The average Bonchev–Trinajstić information content (AvgIpc) is 2.42. The fraction of sp³-hybridized carbons (Fsp3) is 0.429. The minimum Gasteiger partial charge on any atom is -0.300 e. The molecule has 1 aromatic carbocycles. The number of rotatable bonds is 5. The molecule has 6 heteroatoms. The predicted molar refractivity (Wildman–Crippen MR) is 83.8 cm³/mol. The highest BCUT2D eigenvalue weighted by atomic mass is 32.2. The van der Waals surface area contributed by atoms with Gasteiger partial charge in [0.15, 0.2) is 14.8 Å². The van der Waals surface area contributed by atoms with Gasteiger partial charge in [0.25, 0.3) is 0 Å². The van der Waals surface area contributed by atoms with Crippen molar-refractivity contribution in [1.29, 1.82) is 0 Å². The van der Waals surface area contributed by atoms with Crippen LogP contribution >= 0.6 is 11.9 Å². The van der Waals surface area contributed by atoms with Crippen LogP contribution in [0, 0.1) is 0 Å². The van der Waals surface area contributed by atoms with Crippen LogP contribution in [0.2, 0.25) is 0 Å². The maximum atomic E-state index is 12.5. The maximum absolute atomic E-state index is 12.5. The largest absolute Gasteiger partial charge is 0.300 e. The highest BCUT2D eigenvalue weighted by molar-refractivity contribution is 7.99. The lowest BCUT2D eigenvalue weighted by Gasteiger charge is -2.42. The normalized spacial score (nSPS) is 24.4. The Morgan fingerprint density at radius 1 is 1.35 bits per heavy atom. The number of hydrogen-bond donors (Lipinski definition) is 1.